The van der Waals surface area contributed by atoms with Crippen LogP contribution in [0.15, 0.2) is 45.3 Å². The normalized spacial score (nSPS) is 10.2. The van der Waals surface area contributed by atoms with Gasteiger partial charge < -0.3 is 14.5 Å². The number of nitrogens with one attached hydrogen (secondary N) is 1. The van der Waals surface area contributed by atoms with Crippen molar-refractivity contribution in [3.05, 3.63) is 52.4 Å². The third kappa shape index (κ3) is 3.86. The molecule has 100 valence electrons. The van der Waals surface area contributed by atoms with Crippen LogP contribution in [0, 0.1) is 0 Å². The number of benzene rings is 1. The number of ether oxygens (including phenoxy) is 1. The maximum Gasteiger partial charge on any atom is 0.374 e. The monoisotopic (exact) mass is 323 g/mol. The second-order valence-electron chi connectivity index (χ2n) is 3.85. The first-order valence-corrected chi connectivity index (χ1v) is 6.73. The lowest BCUT2D eigenvalue weighted by Gasteiger charge is -2.04. The summed E-state index contributed by atoms with van der Waals surface area (Å²) in [5, 5.41) is 3.21. The third-order valence-electron chi connectivity index (χ3n) is 2.45. The number of carbonyl (C=O) groups excluding carboxylic acids is 1. The lowest BCUT2D eigenvalue weighted by atomic mass is 10.3. The first-order valence-electron chi connectivity index (χ1n) is 5.94. The number of hydrogen-bond acceptors (Lipinski definition) is 4. The van der Waals surface area contributed by atoms with Crippen LogP contribution >= 0.6 is 15.9 Å². The van der Waals surface area contributed by atoms with Crippen molar-refractivity contribution in [2.75, 3.05) is 11.9 Å². The van der Waals surface area contributed by atoms with E-state index in [1.807, 2.05) is 24.3 Å². The van der Waals surface area contributed by atoms with Gasteiger partial charge in [-0.05, 0) is 43.3 Å². The zero-order valence-electron chi connectivity index (χ0n) is 10.5. The molecule has 19 heavy (non-hydrogen) atoms. The third-order valence-corrected chi connectivity index (χ3v) is 2.98. The maximum atomic E-state index is 11.4. The van der Waals surface area contributed by atoms with E-state index < -0.39 is 5.97 Å². The molecule has 0 unspecified atom stereocenters. The number of esters is 1. The van der Waals surface area contributed by atoms with Crippen LogP contribution in [0.25, 0.3) is 0 Å². The fraction of sp³-hybridized carbons (Fsp3) is 0.214. The molecule has 0 aliphatic heterocycles. The summed E-state index contributed by atoms with van der Waals surface area (Å²) in [5.41, 5.74) is 0.984. The molecule has 0 saturated heterocycles. The summed E-state index contributed by atoms with van der Waals surface area (Å²) in [6.07, 6.45) is 0. The highest BCUT2D eigenvalue weighted by molar-refractivity contribution is 9.10. The molecular formula is C14H14BrNO3. The van der Waals surface area contributed by atoms with Gasteiger partial charge in [0, 0.05) is 10.2 Å². The van der Waals surface area contributed by atoms with Crippen molar-refractivity contribution in [2.45, 2.75) is 13.5 Å². The van der Waals surface area contributed by atoms with Gasteiger partial charge in [0.1, 0.15) is 5.76 Å². The molecule has 0 amide bonds. The van der Waals surface area contributed by atoms with Gasteiger partial charge in [0.15, 0.2) is 0 Å². The van der Waals surface area contributed by atoms with Crippen LogP contribution in [0.5, 0.6) is 0 Å². The zero-order valence-corrected chi connectivity index (χ0v) is 12.1. The van der Waals surface area contributed by atoms with E-state index in [0.717, 1.165) is 10.2 Å². The molecule has 4 nitrogen and oxygen atoms in total. The van der Waals surface area contributed by atoms with Crippen molar-refractivity contribution in [1.82, 2.24) is 0 Å². The Morgan fingerprint density at radius 3 is 2.68 bits per heavy atom. The SMILES string of the molecule is CCOC(=O)c1ccc(CNc2ccc(Br)cc2)o1. The Morgan fingerprint density at radius 2 is 2.00 bits per heavy atom. The molecule has 1 aromatic carbocycles. The standard InChI is InChI=1S/C14H14BrNO3/c1-2-18-14(17)13-8-7-12(19-13)9-16-11-5-3-10(15)4-6-11/h3-8,16H,2,9H2,1H3. The van der Waals surface area contributed by atoms with Gasteiger partial charge in [0.25, 0.3) is 0 Å². The predicted molar refractivity (Wildman–Crippen MR) is 76.1 cm³/mol. The molecule has 0 radical (unpaired) electrons. The minimum absolute atomic E-state index is 0.231. The zero-order chi connectivity index (χ0) is 13.7. The van der Waals surface area contributed by atoms with Gasteiger partial charge in [-0.2, -0.15) is 0 Å². The number of rotatable bonds is 5. The molecule has 0 aliphatic rings. The van der Waals surface area contributed by atoms with Gasteiger partial charge in [-0.3, -0.25) is 0 Å². The topological polar surface area (TPSA) is 51.5 Å². The van der Waals surface area contributed by atoms with Crippen molar-refractivity contribution in [1.29, 1.82) is 0 Å². The van der Waals surface area contributed by atoms with Crippen molar-refractivity contribution < 1.29 is 13.9 Å². The largest absolute Gasteiger partial charge is 0.460 e. The average Bonchev–Trinajstić information content (AvgIpc) is 2.87. The molecule has 0 atom stereocenters. The molecule has 1 heterocycles. The van der Waals surface area contributed by atoms with Gasteiger partial charge in [-0.15, -0.1) is 0 Å². The molecule has 0 saturated carbocycles. The highest BCUT2D eigenvalue weighted by Gasteiger charge is 2.11. The number of furan rings is 1. The summed E-state index contributed by atoms with van der Waals surface area (Å²) in [6, 6.07) is 11.2. The quantitative estimate of drug-likeness (QED) is 0.849. The first-order chi connectivity index (χ1) is 9.19. The summed E-state index contributed by atoms with van der Waals surface area (Å²) >= 11 is 3.38. The predicted octanol–water partition coefficient (Wildman–Crippen LogP) is 3.83. The van der Waals surface area contributed by atoms with E-state index >= 15 is 0 Å². The molecule has 0 fully saturated rings. The van der Waals surface area contributed by atoms with E-state index in [0.29, 0.717) is 18.9 Å². The summed E-state index contributed by atoms with van der Waals surface area (Å²) in [5.74, 6) is 0.484. The van der Waals surface area contributed by atoms with E-state index in [1.165, 1.54) is 0 Å². The highest BCUT2D eigenvalue weighted by Crippen LogP contribution is 2.16. The van der Waals surface area contributed by atoms with Crippen LogP contribution in [-0.4, -0.2) is 12.6 Å². The Labute approximate surface area is 119 Å². The van der Waals surface area contributed by atoms with E-state index in [9.17, 15) is 4.79 Å². The number of halogens is 1. The van der Waals surface area contributed by atoms with Gasteiger partial charge in [0.2, 0.25) is 5.76 Å². The molecule has 0 bridgehead atoms. The molecule has 5 heteroatoms. The minimum atomic E-state index is -0.433. The van der Waals surface area contributed by atoms with Gasteiger partial charge >= 0.3 is 5.97 Å². The highest BCUT2D eigenvalue weighted by atomic mass is 79.9. The van der Waals surface area contributed by atoms with Crippen molar-refractivity contribution in [3.63, 3.8) is 0 Å². The molecule has 2 rings (SSSR count). The van der Waals surface area contributed by atoms with E-state index in [2.05, 4.69) is 21.2 Å². The Hall–Kier alpha value is -1.75. The molecular weight excluding hydrogens is 310 g/mol. The Kier molecular flexibility index (Phi) is 4.63. The Balaban J connectivity index is 1.93. The minimum Gasteiger partial charge on any atom is -0.460 e. The Bertz CT molecular complexity index is 548. The molecule has 0 spiro atoms. The van der Waals surface area contributed by atoms with Crippen LogP contribution in [0.4, 0.5) is 5.69 Å². The van der Waals surface area contributed by atoms with Crippen molar-refractivity contribution >= 4 is 27.6 Å². The van der Waals surface area contributed by atoms with Crippen LogP contribution < -0.4 is 5.32 Å². The van der Waals surface area contributed by atoms with Gasteiger partial charge in [0.05, 0.1) is 13.2 Å². The molecule has 1 aromatic heterocycles. The van der Waals surface area contributed by atoms with Gasteiger partial charge in [-0.25, -0.2) is 4.79 Å². The maximum absolute atomic E-state index is 11.4. The first kappa shape index (κ1) is 13.7. The summed E-state index contributed by atoms with van der Waals surface area (Å²) < 4.78 is 11.3. The van der Waals surface area contributed by atoms with E-state index in [4.69, 9.17) is 9.15 Å². The van der Waals surface area contributed by atoms with Crippen molar-refractivity contribution in [2.24, 2.45) is 0 Å². The van der Waals surface area contributed by atoms with Crippen LogP contribution in [-0.2, 0) is 11.3 Å². The van der Waals surface area contributed by atoms with E-state index in [-0.39, 0.29) is 5.76 Å². The second-order valence-corrected chi connectivity index (χ2v) is 4.76. The smallest absolute Gasteiger partial charge is 0.374 e. The molecule has 1 N–H and O–H groups in total. The van der Waals surface area contributed by atoms with Crippen molar-refractivity contribution in [3.8, 4) is 0 Å². The van der Waals surface area contributed by atoms with E-state index in [1.54, 1.807) is 19.1 Å². The van der Waals surface area contributed by atoms with Crippen LogP contribution in [0.1, 0.15) is 23.2 Å². The Morgan fingerprint density at radius 1 is 1.26 bits per heavy atom. The molecule has 2 aromatic rings. The number of carbonyl (C=O) groups is 1. The fourth-order valence-electron chi connectivity index (χ4n) is 1.54. The fourth-order valence-corrected chi connectivity index (χ4v) is 1.81. The van der Waals surface area contributed by atoms with Gasteiger partial charge in [-0.1, -0.05) is 15.9 Å². The number of hydrogen-bond donors (Lipinski definition) is 1. The summed E-state index contributed by atoms with van der Waals surface area (Å²) in [7, 11) is 0. The van der Waals surface area contributed by atoms with Crippen LogP contribution in [0.3, 0.4) is 0 Å². The second kappa shape index (κ2) is 6.43. The lowest BCUT2D eigenvalue weighted by molar-refractivity contribution is 0.0488. The van der Waals surface area contributed by atoms with Crippen LogP contribution in [0.2, 0.25) is 0 Å². The molecule has 0 aliphatic carbocycles. The number of anilines is 1. The summed E-state index contributed by atoms with van der Waals surface area (Å²) in [6.45, 7) is 2.61. The average molecular weight is 324 g/mol. The lowest BCUT2D eigenvalue weighted by Crippen LogP contribution is -2.03. The summed E-state index contributed by atoms with van der Waals surface area (Å²) in [4.78, 5) is 11.4.